The van der Waals surface area contributed by atoms with Crippen LogP contribution in [0.2, 0.25) is 5.02 Å². The summed E-state index contributed by atoms with van der Waals surface area (Å²) < 4.78 is 0. The van der Waals surface area contributed by atoms with Gasteiger partial charge in [-0.2, -0.15) is 0 Å². The molecule has 0 saturated carbocycles. The van der Waals surface area contributed by atoms with Crippen LogP contribution >= 0.6 is 11.6 Å². The molecule has 1 rings (SSSR count). The fourth-order valence-corrected chi connectivity index (χ4v) is 1.58. The summed E-state index contributed by atoms with van der Waals surface area (Å²) in [6.07, 6.45) is -0.412. The maximum Gasteiger partial charge on any atom is 0.292 e. The van der Waals surface area contributed by atoms with E-state index in [9.17, 15) is 10.1 Å². The van der Waals surface area contributed by atoms with Gasteiger partial charge < -0.3 is 15.7 Å². The van der Waals surface area contributed by atoms with Crippen molar-refractivity contribution in [2.75, 3.05) is 25.0 Å². The molecule has 1 aromatic rings. The highest BCUT2D eigenvalue weighted by atomic mass is 35.5. The van der Waals surface area contributed by atoms with Gasteiger partial charge in [-0.15, -0.1) is 0 Å². The van der Waals surface area contributed by atoms with E-state index in [2.05, 4.69) is 10.6 Å². The number of hydrogen-bond acceptors (Lipinski definition) is 5. The van der Waals surface area contributed by atoms with Gasteiger partial charge in [0, 0.05) is 30.7 Å². The van der Waals surface area contributed by atoms with Crippen LogP contribution in [0.1, 0.15) is 6.92 Å². The van der Waals surface area contributed by atoms with Crippen molar-refractivity contribution in [3.8, 4) is 0 Å². The zero-order valence-electron chi connectivity index (χ0n) is 10.0. The van der Waals surface area contributed by atoms with E-state index in [0.717, 1.165) is 0 Å². The highest BCUT2D eigenvalue weighted by molar-refractivity contribution is 6.31. The number of nitrogens with zero attached hydrogens (tertiary/aromatic N) is 1. The van der Waals surface area contributed by atoms with Gasteiger partial charge in [0.25, 0.3) is 5.69 Å². The van der Waals surface area contributed by atoms with Crippen LogP contribution in [0.15, 0.2) is 18.2 Å². The Bertz CT molecular complexity index is 413. The van der Waals surface area contributed by atoms with Crippen molar-refractivity contribution in [3.63, 3.8) is 0 Å². The Morgan fingerprint density at radius 1 is 1.50 bits per heavy atom. The predicted molar refractivity (Wildman–Crippen MR) is 71.1 cm³/mol. The van der Waals surface area contributed by atoms with Gasteiger partial charge in [-0.05, 0) is 19.1 Å². The van der Waals surface area contributed by atoms with Crippen LogP contribution < -0.4 is 10.6 Å². The largest absolute Gasteiger partial charge is 0.392 e. The van der Waals surface area contributed by atoms with E-state index in [1.54, 1.807) is 6.92 Å². The van der Waals surface area contributed by atoms with E-state index < -0.39 is 11.0 Å². The number of rotatable bonds is 7. The van der Waals surface area contributed by atoms with Crippen molar-refractivity contribution >= 4 is 23.0 Å². The molecule has 1 aromatic carbocycles. The van der Waals surface area contributed by atoms with Gasteiger partial charge in [0.15, 0.2) is 0 Å². The normalized spacial score (nSPS) is 12.2. The van der Waals surface area contributed by atoms with Gasteiger partial charge in [0.2, 0.25) is 0 Å². The highest BCUT2D eigenvalue weighted by Crippen LogP contribution is 2.27. The van der Waals surface area contributed by atoms with Crippen LogP contribution in [-0.4, -0.2) is 35.8 Å². The number of benzene rings is 1. The van der Waals surface area contributed by atoms with Crippen LogP contribution in [0.4, 0.5) is 11.4 Å². The number of nitrogens with one attached hydrogen (secondary N) is 2. The minimum absolute atomic E-state index is 0.00470. The lowest BCUT2D eigenvalue weighted by molar-refractivity contribution is -0.384. The summed E-state index contributed by atoms with van der Waals surface area (Å²) in [4.78, 5) is 10.3. The summed E-state index contributed by atoms with van der Waals surface area (Å²) in [6, 6.07) is 4.37. The summed E-state index contributed by atoms with van der Waals surface area (Å²) in [6.45, 7) is 3.27. The fourth-order valence-electron chi connectivity index (χ4n) is 1.41. The summed E-state index contributed by atoms with van der Waals surface area (Å²) in [5, 5.41) is 26.2. The van der Waals surface area contributed by atoms with E-state index in [4.69, 9.17) is 16.7 Å². The van der Waals surface area contributed by atoms with Gasteiger partial charge in [-0.25, -0.2) is 0 Å². The molecule has 0 radical (unpaired) electrons. The summed E-state index contributed by atoms with van der Waals surface area (Å²) in [5.74, 6) is 0. The summed E-state index contributed by atoms with van der Waals surface area (Å²) >= 11 is 5.79. The van der Waals surface area contributed by atoms with Crippen molar-refractivity contribution < 1.29 is 10.0 Å². The number of aliphatic hydroxyl groups excluding tert-OH is 1. The van der Waals surface area contributed by atoms with E-state index in [1.807, 2.05) is 0 Å². The standard InChI is InChI=1S/C11H16ClN3O3/c1-8(16)7-13-4-5-14-10-6-9(12)2-3-11(10)15(17)18/h2-3,6,8,13-14,16H,4-5,7H2,1H3. The van der Waals surface area contributed by atoms with Gasteiger partial charge in [-0.3, -0.25) is 10.1 Å². The molecule has 0 bridgehead atoms. The third-order valence-electron chi connectivity index (χ3n) is 2.21. The Hall–Kier alpha value is -1.37. The Morgan fingerprint density at radius 2 is 2.22 bits per heavy atom. The monoisotopic (exact) mass is 273 g/mol. The Labute approximate surface area is 110 Å². The van der Waals surface area contributed by atoms with Gasteiger partial charge in [-0.1, -0.05) is 11.6 Å². The van der Waals surface area contributed by atoms with Gasteiger partial charge >= 0.3 is 0 Å². The maximum absolute atomic E-state index is 10.8. The topological polar surface area (TPSA) is 87.4 Å². The zero-order valence-corrected chi connectivity index (χ0v) is 10.8. The van der Waals surface area contributed by atoms with Crippen molar-refractivity contribution in [2.24, 2.45) is 0 Å². The zero-order chi connectivity index (χ0) is 13.5. The molecule has 0 amide bonds. The first-order chi connectivity index (χ1) is 8.50. The summed E-state index contributed by atoms with van der Waals surface area (Å²) in [5.41, 5.74) is 0.390. The summed E-state index contributed by atoms with van der Waals surface area (Å²) in [7, 11) is 0. The van der Waals surface area contributed by atoms with E-state index in [-0.39, 0.29) is 5.69 Å². The molecule has 0 aliphatic rings. The SMILES string of the molecule is CC(O)CNCCNc1cc(Cl)ccc1[N+](=O)[O-]. The van der Waals surface area contributed by atoms with E-state index in [1.165, 1.54) is 18.2 Å². The lowest BCUT2D eigenvalue weighted by atomic mass is 10.2. The average Bonchev–Trinajstić information content (AvgIpc) is 2.27. The first kappa shape index (κ1) is 14.7. The average molecular weight is 274 g/mol. The first-order valence-corrected chi connectivity index (χ1v) is 5.95. The number of nitro benzene ring substituents is 1. The number of anilines is 1. The molecule has 7 heteroatoms. The molecular formula is C11H16ClN3O3. The third-order valence-corrected chi connectivity index (χ3v) is 2.45. The quantitative estimate of drug-likeness (QED) is 0.399. The van der Waals surface area contributed by atoms with Crippen molar-refractivity contribution in [1.29, 1.82) is 0 Å². The minimum Gasteiger partial charge on any atom is -0.392 e. The van der Waals surface area contributed by atoms with Crippen LogP contribution in [-0.2, 0) is 0 Å². The Kier molecular flexibility index (Phi) is 5.84. The smallest absolute Gasteiger partial charge is 0.292 e. The molecule has 0 heterocycles. The molecule has 0 aliphatic heterocycles. The molecule has 3 N–H and O–H groups in total. The molecule has 0 saturated heterocycles. The highest BCUT2D eigenvalue weighted by Gasteiger charge is 2.13. The number of hydrogen-bond donors (Lipinski definition) is 3. The van der Waals surface area contributed by atoms with Crippen molar-refractivity contribution in [1.82, 2.24) is 5.32 Å². The molecular weight excluding hydrogens is 258 g/mol. The van der Waals surface area contributed by atoms with E-state index in [0.29, 0.717) is 30.3 Å². The first-order valence-electron chi connectivity index (χ1n) is 5.57. The Balaban J connectivity index is 2.50. The van der Waals surface area contributed by atoms with Crippen LogP contribution in [0.3, 0.4) is 0 Å². The molecule has 100 valence electrons. The van der Waals surface area contributed by atoms with Crippen molar-refractivity contribution in [3.05, 3.63) is 33.3 Å². The van der Waals surface area contributed by atoms with Gasteiger partial charge in [0.05, 0.1) is 11.0 Å². The number of halogens is 1. The molecule has 6 nitrogen and oxygen atoms in total. The Morgan fingerprint density at radius 3 is 2.83 bits per heavy atom. The molecule has 0 spiro atoms. The second kappa shape index (κ2) is 7.15. The molecule has 0 aliphatic carbocycles. The number of nitro groups is 1. The minimum atomic E-state index is -0.456. The molecule has 0 aromatic heterocycles. The molecule has 0 fully saturated rings. The molecule has 1 unspecified atom stereocenters. The van der Waals surface area contributed by atoms with Gasteiger partial charge in [0.1, 0.15) is 5.69 Å². The lowest BCUT2D eigenvalue weighted by Crippen LogP contribution is -2.29. The lowest BCUT2D eigenvalue weighted by Gasteiger charge is -2.09. The van der Waals surface area contributed by atoms with E-state index >= 15 is 0 Å². The molecule has 18 heavy (non-hydrogen) atoms. The molecule has 1 atom stereocenters. The van der Waals surface area contributed by atoms with Crippen LogP contribution in [0.5, 0.6) is 0 Å². The van der Waals surface area contributed by atoms with Crippen LogP contribution in [0, 0.1) is 10.1 Å². The third kappa shape index (κ3) is 4.87. The van der Waals surface area contributed by atoms with Crippen LogP contribution in [0.25, 0.3) is 0 Å². The second-order valence-electron chi connectivity index (χ2n) is 3.90. The number of aliphatic hydroxyl groups is 1. The fraction of sp³-hybridized carbons (Fsp3) is 0.455. The van der Waals surface area contributed by atoms with Crippen molar-refractivity contribution in [2.45, 2.75) is 13.0 Å². The second-order valence-corrected chi connectivity index (χ2v) is 4.33. The maximum atomic E-state index is 10.8. The predicted octanol–water partition coefficient (Wildman–Crippen LogP) is 1.63.